The molecule has 0 N–H and O–H groups in total. The Hall–Kier alpha value is -1.53. The Morgan fingerprint density at radius 3 is 1.16 bits per heavy atom. The lowest BCUT2D eigenvalue weighted by molar-refractivity contribution is -0.243. The van der Waals surface area contributed by atoms with Gasteiger partial charge in [-0.3, -0.25) is 0 Å². The van der Waals surface area contributed by atoms with Crippen molar-refractivity contribution in [2.75, 3.05) is 6.61 Å². The van der Waals surface area contributed by atoms with E-state index in [4.69, 9.17) is 14.2 Å². The fourth-order valence-corrected chi connectivity index (χ4v) is 17.4. The van der Waals surface area contributed by atoms with Crippen LogP contribution in [0.15, 0.2) is 36.8 Å². The van der Waals surface area contributed by atoms with E-state index in [-0.39, 0.29) is 0 Å². The van der Waals surface area contributed by atoms with E-state index in [0.29, 0.717) is 39.9 Å². The standard InChI is InChI=1S/C33H54O3Si2/c1-16-19-32(21-23-37(25(4)5,26(6)7)27(8)9)33(20-17-2,36-31(35-32)34-18-3)22-24-38(28(10)11,29(12)13)30(14)15/h19-20,25-31H,1-2,18H2,3-15H3/t32-,33-/m0/s1. The average molecular weight is 555 g/mol. The van der Waals surface area contributed by atoms with Crippen molar-refractivity contribution < 1.29 is 14.2 Å². The van der Waals surface area contributed by atoms with E-state index in [1.54, 1.807) is 12.2 Å². The third kappa shape index (κ3) is 6.27. The zero-order valence-corrected chi connectivity index (χ0v) is 28.5. The van der Waals surface area contributed by atoms with Gasteiger partial charge >= 0.3 is 0 Å². The van der Waals surface area contributed by atoms with Crippen LogP contribution in [0.5, 0.6) is 0 Å². The largest absolute Gasteiger partial charge is 0.330 e. The average Bonchev–Trinajstić information content (AvgIpc) is 3.06. The minimum absolute atomic E-state index is 0.429. The van der Waals surface area contributed by atoms with E-state index < -0.39 is 33.8 Å². The van der Waals surface area contributed by atoms with Gasteiger partial charge in [-0.15, -0.1) is 22.5 Å². The Morgan fingerprint density at radius 1 is 0.658 bits per heavy atom. The predicted octanol–water partition coefficient (Wildman–Crippen LogP) is 8.96. The summed E-state index contributed by atoms with van der Waals surface area (Å²) in [6.07, 6.45) is 3.54. The van der Waals surface area contributed by atoms with Crippen LogP contribution in [-0.4, -0.2) is 40.4 Å². The summed E-state index contributed by atoms with van der Waals surface area (Å²) in [5, 5.41) is 0. The van der Waals surface area contributed by atoms with E-state index in [0.717, 1.165) is 0 Å². The molecular formula is C33H54O3Si2. The van der Waals surface area contributed by atoms with Gasteiger partial charge in [-0.25, -0.2) is 0 Å². The lowest BCUT2D eigenvalue weighted by Crippen LogP contribution is -2.50. The van der Waals surface area contributed by atoms with Crippen LogP contribution in [-0.2, 0) is 14.2 Å². The maximum atomic E-state index is 6.54. The second kappa shape index (κ2) is 13.7. The molecule has 1 saturated heterocycles. The van der Waals surface area contributed by atoms with Gasteiger partial charge in [0.05, 0.1) is 0 Å². The third-order valence-electron chi connectivity index (χ3n) is 8.69. The van der Waals surface area contributed by atoms with E-state index in [1.165, 1.54) is 0 Å². The molecule has 0 aromatic carbocycles. The normalized spacial score (nSPS) is 23.8. The maximum absolute atomic E-state index is 6.54. The highest BCUT2D eigenvalue weighted by Crippen LogP contribution is 2.46. The molecular weight excluding hydrogens is 501 g/mol. The van der Waals surface area contributed by atoms with Gasteiger partial charge in [-0.05, 0) is 40.2 Å². The molecule has 5 heteroatoms. The Kier molecular flexibility index (Phi) is 12.4. The third-order valence-corrected chi connectivity index (χ3v) is 21.3. The van der Waals surface area contributed by atoms with Crippen molar-refractivity contribution in [1.82, 2.24) is 0 Å². The summed E-state index contributed by atoms with van der Waals surface area (Å²) < 4.78 is 18.9. The molecule has 38 heavy (non-hydrogen) atoms. The van der Waals surface area contributed by atoms with Gasteiger partial charge in [0.2, 0.25) is 11.2 Å². The molecule has 0 aromatic rings. The second-order valence-corrected chi connectivity index (χ2v) is 23.6. The molecule has 0 spiro atoms. The van der Waals surface area contributed by atoms with Gasteiger partial charge in [0, 0.05) is 18.8 Å². The summed E-state index contributed by atoms with van der Waals surface area (Å²) in [4.78, 5) is 0. The van der Waals surface area contributed by atoms with Crippen LogP contribution in [0, 0.1) is 22.9 Å². The second-order valence-electron chi connectivity index (χ2n) is 12.4. The quantitative estimate of drug-likeness (QED) is 0.153. The molecule has 0 aromatic heterocycles. The highest BCUT2D eigenvalue weighted by Gasteiger charge is 2.60. The van der Waals surface area contributed by atoms with Crippen molar-refractivity contribution in [2.45, 2.75) is 141 Å². The molecule has 0 bridgehead atoms. The first-order valence-corrected chi connectivity index (χ1v) is 18.8. The highest BCUT2D eigenvalue weighted by atomic mass is 28.3. The first-order valence-electron chi connectivity index (χ1n) is 14.4. The van der Waals surface area contributed by atoms with E-state index >= 15 is 0 Å². The van der Waals surface area contributed by atoms with Crippen molar-refractivity contribution in [3.05, 3.63) is 36.8 Å². The number of rotatable bonds is 10. The maximum Gasteiger partial charge on any atom is 0.275 e. The molecule has 3 nitrogen and oxygen atoms in total. The molecule has 0 unspecified atom stereocenters. The van der Waals surface area contributed by atoms with Crippen molar-refractivity contribution in [1.29, 1.82) is 0 Å². The van der Waals surface area contributed by atoms with E-state index in [1.807, 2.05) is 6.92 Å². The summed E-state index contributed by atoms with van der Waals surface area (Å²) in [7, 11) is -4.21. The molecule has 1 aliphatic heterocycles. The van der Waals surface area contributed by atoms with Gasteiger partial charge in [0.15, 0.2) is 0 Å². The summed E-state index contributed by atoms with van der Waals surface area (Å²) >= 11 is 0. The predicted molar refractivity (Wildman–Crippen MR) is 168 cm³/mol. The Morgan fingerprint density at radius 2 is 0.947 bits per heavy atom. The monoisotopic (exact) mass is 554 g/mol. The van der Waals surface area contributed by atoms with Gasteiger partial charge in [0.25, 0.3) is 6.48 Å². The van der Waals surface area contributed by atoms with Crippen LogP contribution < -0.4 is 0 Å². The molecule has 1 rings (SSSR count). The van der Waals surface area contributed by atoms with E-state index in [2.05, 4.69) is 131 Å². The molecule has 2 atom stereocenters. The van der Waals surface area contributed by atoms with Gasteiger partial charge < -0.3 is 14.2 Å². The number of hydrogen-bond donors (Lipinski definition) is 0. The molecule has 1 heterocycles. The van der Waals surface area contributed by atoms with Crippen LogP contribution >= 0.6 is 0 Å². The van der Waals surface area contributed by atoms with Crippen molar-refractivity contribution >= 4 is 16.1 Å². The molecule has 212 valence electrons. The summed E-state index contributed by atoms with van der Waals surface area (Å²) in [5.74, 6) is 7.22. The van der Waals surface area contributed by atoms with Gasteiger partial charge in [0.1, 0.15) is 16.1 Å². The molecule has 1 fully saturated rings. The van der Waals surface area contributed by atoms with Crippen LogP contribution in [0.1, 0.15) is 90.0 Å². The van der Waals surface area contributed by atoms with Crippen molar-refractivity contribution in [3.8, 4) is 22.9 Å². The first kappa shape index (κ1) is 34.5. The van der Waals surface area contributed by atoms with E-state index in [9.17, 15) is 0 Å². The Bertz CT molecular complexity index is 896. The summed E-state index contributed by atoms with van der Waals surface area (Å²) in [6, 6.07) is 0. The molecule has 0 amide bonds. The number of ether oxygens (including phenoxy) is 3. The lowest BCUT2D eigenvalue weighted by Gasteiger charge is -2.39. The van der Waals surface area contributed by atoms with Crippen LogP contribution in [0.4, 0.5) is 0 Å². The van der Waals surface area contributed by atoms with Crippen LogP contribution in [0.2, 0.25) is 33.2 Å². The van der Waals surface area contributed by atoms with Gasteiger partial charge in [-0.1, -0.05) is 108 Å². The molecule has 1 aliphatic rings. The zero-order valence-electron chi connectivity index (χ0n) is 26.5. The van der Waals surface area contributed by atoms with Crippen molar-refractivity contribution in [2.24, 2.45) is 0 Å². The lowest BCUT2D eigenvalue weighted by atomic mass is 9.83. The minimum atomic E-state index is -2.11. The minimum Gasteiger partial charge on any atom is -0.330 e. The van der Waals surface area contributed by atoms with Crippen molar-refractivity contribution in [3.63, 3.8) is 0 Å². The SMILES string of the molecule is C=C=C[C@@]1(C#C[Si](C(C)C)(C(C)C)C(C)C)OC(OCC)O[C@]1(C#C[Si](C(C)C)(C(C)C)C(C)C)C=C=C. The molecule has 0 radical (unpaired) electrons. The first-order chi connectivity index (χ1) is 17.6. The Balaban J connectivity index is 4.22. The Labute approximate surface area is 237 Å². The molecule has 0 aliphatic carbocycles. The molecule has 0 saturated carbocycles. The highest BCUT2D eigenvalue weighted by molar-refractivity contribution is 6.91. The van der Waals surface area contributed by atoms with Crippen LogP contribution in [0.3, 0.4) is 0 Å². The number of hydrogen-bond acceptors (Lipinski definition) is 3. The fourth-order valence-electron chi connectivity index (χ4n) is 6.86. The topological polar surface area (TPSA) is 27.7 Å². The zero-order chi connectivity index (χ0) is 29.5. The van der Waals surface area contributed by atoms with Crippen LogP contribution in [0.25, 0.3) is 0 Å². The van der Waals surface area contributed by atoms with Gasteiger partial charge in [-0.2, -0.15) is 0 Å². The smallest absolute Gasteiger partial charge is 0.275 e. The summed E-state index contributed by atoms with van der Waals surface area (Å²) in [5.41, 5.74) is 13.9. The fraction of sp³-hybridized carbons (Fsp3) is 0.697. The summed E-state index contributed by atoms with van der Waals surface area (Å²) in [6.45, 7) is 36.9.